The van der Waals surface area contributed by atoms with Crippen LogP contribution in [0.15, 0.2) is 36.4 Å². The molecule has 0 aliphatic carbocycles. The van der Waals surface area contributed by atoms with Gasteiger partial charge in [-0.2, -0.15) is 0 Å². The Morgan fingerprint density at radius 1 is 1.44 bits per heavy atom. The van der Waals surface area contributed by atoms with E-state index in [1.165, 1.54) is 6.92 Å². The number of amides is 1. The number of carbonyl (C=O) groups is 1. The second-order valence-electron chi connectivity index (χ2n) is 3.90. The number of hydrogen-bond acceptors (Lipinski definition) is 2. The largest absolute Gasteiger partial charge is 0.497 e. The first-order chi connectivity index (χ1) is 9.85. The van der Waals surface area contributed by atoms with Crippen LogP contribution in [0.2, 0.25) is 1.41 Å². The molecule has 0 aromatic heterocycles. The van der Waals surface area contributed by atoms with Crippen molar-refractivity contribution in [3.05, 3.63) is 42.0 Å². The van der Waals surface area contributed by atoms with E-state index in [0.29, 0.717) is 16.6 Å². The molecule has 0 atom stereocenters. The van der Waals surface area contributed by atoms with E-state index in [1.54, 1.807) is 25.3 Å². The van der Waals surface area contributed by atoms with Crippen molar-refractivity contribution < 1.29 is 13.7 Å². The molecule has 2 rings (SSSR count). The Hall–Kier alpha value is -2.03. The Morgan fingerprint density at radius 3 is 3.00 bits per heavy atom. The molecule has 2 aromatic rings. The molecular weight excluding hydrogens is 226 g/mol. The summed E-state index contributed by atoms with van der Waals surface area (Å²) >= 11 is 0. The molecule has 0 radical (unpaired) electrons. The minimum absolute atomic E-state index is 0.321. The van der Waals surface area contributed by atoms with Gasteiger partial charge in [0.25, 0.3) is 0 Å². The Kier molecular flexibility index (Phi) is 2.76. The van der Waals surface area contributed by atoms with Gasteiger partial charge in [-0.1, -0.05) is 24.3 Å². The van der Waals surface area contributed by atoms with Crippen LogP contribution in [0.3, 0.4) is 0 Å². The molecular formula is C15H17NO2. The fourth-order valence-electron chi connectivity index (χ4n) is 1.77. The first-order valence-corrected chi connectivity index (χ1v) is 5.69. The van der Waals surface area contributed by atoms with Gasteiger partial charge in [-0.05, 0) is 34.8 Å². The highest BCUT2D eigenvalue weighted by Crippen LogP contribution is 2.24. The summed E-state index contributed by atoms with van der Waals surface area (Å²) in [6.45, 7) is 0.924. The van der Waals surface area contributed by atoms with Crippen molar-refractivity contribution in [3.63, 3.8) is 0 Å². The number of carbonyl (C=O) groups excluding carboxylic acids is 1. The van der Waals surface area contributed by atoms with Gasteiger partial charge in [0.05, 0.1) is 7.11 Å². The topological polar surface area (TPSA) is 38.3 Å². The number of nitrogens with one attached hydrogen (secondary N) is 1. The third-order valence-electron chi connectivity index (χ3n) is 2.66. The minimum atomic E-state index is -1.82. The fraction of sp³-hybridized carbons (Fsp3) is 0.267. The average molecular weight is 246 g/mol. The van der Waals surface area contributed by atoms with Crippen molar-refractivity contribution in [3.8, 4) is 5.75 Å². The van der Waals surface area contributed by atoms with Crippen LogP contribution in [0.25, 0.3) is 10.8 Å². The molecule has 94 valence electrons. The lowest BCUT2D eigenvalue weighted by Gasteiger charge is -2.08. The van der Waals surface area contributed by atoms with Gasteiger partial charge >= 0.3 is 0 Å². The highest BCUT2D eigenvalue weighted by Gasteiger charge is 2.03. The van der Waals surface area contributed by atoms with Crippen LogP contribution < -0.4 is 10.0 Å². The lowest BCUT2D eigenvalue weighted by atomic mass is 10.0. The number of rotatable bonds is 4. The molecule has 1 N–H and O–H groups in total. The van der Waals surface area contributed by atoms with Gasteiger partial charge in [0.2, 0.25) is 5.91 Å². The molecule has 0 aliphatic heterocycles. The van der Waals surface area contributed by atoms with Gasteiger partial charge in [0, 0.05) is 16.2 Å². The smallest absolute Gasteiger partial charge is 0.216 e. The van der Waals surface area contributed by atoms with Crippen LogP contribution >= 0.6 is 0 Å². The molecule has 3 nitrogen and oxygen atoms in total. The minimum Gasteiger partial charge on any atom is -0.497 e. The van der Waals surface area contributed by atoms with Crippen LogP contribution in [0.5, 0.6) is 5.75 Å². The molecule has 0 spiro atoms. The maximum Gasteiger partial charge on any atom is 0.216 e. The predicted octanol–water partition coefficient (Wildman–Crippen LogP) is 2.53. The fourth-order valence-corrected chi connectivity index (χ4v) is 1.77. The third-order valence-corrected chi connectivity index (χ3v) is 2.66. The molecule has 2 aromatic carbocycles. The van der Waals surface area contributed by atoms with Crippen LogP contribution in [0, 0.1) is 0 Å². The molecule has 0 unspecified atom stereocenters. The van der Waals surface area contributed by atoms with E-state index in [2.05, 4.69) is 0 Å². The zero-order valence-corrected chi connectivity index (χ0v) is 10.4. The zero-order valence-electron chi connectivity index (χ0n) is 13.4. The summed E-state index contributed by atoms with van der Waals surface area (Å²) in [5.74, 6) is 0.150. The number of methoxy groups -OCH3 is 1. The summed E-state index contributed by atoms with van der Waals surface area (Å²) in [6.07, 6.45) is -1.82. The summed E-state index contributed by atoms with van der Waals surface area (Å²) in [4.78, 5) is 11.2. The SMILES string of the molecule is [2H]N(CC([2H])([2H])c1cccc2ccc(OC)cc12)C(C)=O. The first kappa shape index (κ1) is 8.97. The zero-order chi connectivity index (χ0) is 15.6. The van der Waals surface area contributed by atoms with Gasteiger partial charge in [-0.3, -0.25) is 4.79 Å². The van der Waals surface area contributed by atoms with Crippen molar-refractivity contribution in [2.75, 3.05) is 13.7 Å². The van der Waals surface area contributed by atoms with E-state index in [9.17, 15) is 4.79 Å². The lowest BCUT2D eigenvalue weighted by molar-refractivity contribution is -0.118. The van der Waals surface area contributed by atoms with E-state index in [1.807, 2.05) is 18.2 Å². The van der Waals surface area contributed by atoms with Gasteiger partial charge in [-0.25, -0.2) is 0 Å². The second kappa shape index (κ2) is 5.54. The van der Waals surface area contributed by atoms with E-state index in [-0.39, 0.29) is 6.54 Å². The maximum absolute atomic E-state index is 11.2. The van der Waals surface area contributed by atoms with Crippen LogP contribution in [-0.2, 0) is 11.2 Å². The molecule has 0 bridgehead atoms. The highest BCUT2D eigenvalue weighted by atomic mass is 16.5. The van der Waals surface area contributed by atoms with Crippen LogP contribution in [0.1, 0.15) is 15.2 Å². The molecule has 3 heteroatoms. The standard InChI is InChI=1S/C15H17NO2/c1-11(17)16-9-8-13-5-3-4-12-6-7-14(18-2)10-15(12)13/h3-7,10H,8-9H2,1-2H3,(H,16,17)/i8D2/hD. The van der Waals surface area contributed by atoms with Crippen molar-refractivity contribution in [1.82, 2.24) is 5.31 Å². The maximum atomic E-state index is 11.2. The quantitative estimate of drug-likeness (QED) is 0.900. The summed E-state index contributed by atoms with van der Waals surface area (Å²) in [5, 5.41) is 2.24. The van der Waals surface area contributed by atoms with Crippen LogP contribution in [-0.4, -0.2) is 19.6 Å². The first-order valence-electron chi connectivity index (χ1n) is 7.14. The molecule has 0 heterocycles. The summed E-state index contributed by atoms with van der Waals surface area (Å²) in [6, 6.07) is 10.8. The average Bonchev–Trinajstić information content (AvgIpc) is 2.45. The summed E-state index contributed by atoms with van der Waals surface area (Å²) in [5.41, 5.74) is 0.442. The van der Waals surface area contributed by atoms with Crippen molar-refractivity contribution in [2.24, 2.45) is 0 Å². The van der Waals surface area contributed by atoms with E-state index < -0.39 is 12.3 Å². The predicted molar refractivity (Wildman–Crippen MR) is 72.9 cm³/mol. The van der Waals surface area contributed by atoms with Crippen molar-refractivity contribution in [2.45, 2.75) is 13.3 Å². The molecule has 0 saturated carbocycles. The number of benzene rings is 2. The van der Waals surface area contributed by atoms with Gasteiger partial charge in [-0.15, -0.1) is 0 Å². The number of ether oxygens (including phenoxy) is 1. The molecule has 0 fully saturated rings. The Bertz CT molecular complexity index is 673. The summed E-state index contributed by atoms with van der Waals surface area (Å²) < 4.78 is 29.1. The van der Waals surface area contributed by atoms with Gasteiger partial charge in [0.1, 0.15) is 5.75 Å². The Morgan fingerprint density at radius 2 is 2.28 bits per heavy atom. The molecule has 1 amide bonds. The van der Waals surface area contributed by atoms with Crippen molar-refractivity contribution in [1.29, 1.82) is 0 Å². The van der Waals surface area contributed by atoms with Gasteiger partial charge < -0.3 is 10.0 Å². The highest BCUT2D eigenvalue weighted by molar-refractivity contribution is 5.87. The Balaban J connectivity index is 2.51. The third kappa shape index (κ3) is 2.80. The van der Waals surface area contributed by atoms with E-state index in [0.717, 1.165) is 10.8 Å². The normalized spacial score (nSPS) is 13.6. The number of fused-ring (bicyclic) bond motifs is 1. The lowest BCUT2D eigenvalue weighted by Crippen LogP contribution is -2.22. The van der Waals surface area contributed by atoms with Crippen LogP contribution in [0.4, 0.5) is 0 Å². The van der Waals surface area contributed by atoms with E-state index >= 15 is 0 Å². The monoisotopic (exact) mass is 246 g/mol. The Labute approximate surface area is 111 Å². The second-order valence-corrected chi connectivity index (χ2v) is 3.90. The molecule has 18 heavy (non-hydrogen) atoms. The number of hydrogen-bond donors (Lipinski definition) is 1. The van der Waals surface area contributed by atoms with Crippen molar-refractivity contribution >= 4 is 16.7 Å². The molecule has 0 aliphatic rings. The summed E-state index contributed by atoms with van der Waals surface area (Å²) in [7, 11) is 1.56. The van der Waals surface area contributed by atoms with E-state index in [4.69, 9.17) is 8.89 Å². The van der Waals surface area contributed by atoms with Gasteiger partial charge in [0.15, 0.2) is 1.41 Å². The molecule has 0 saturated heterocycles.